The fourth-order valence-electron chi connectivity index (χ4n) is 4.85. The first kappa shape index (κ1) is 31.3. The van der Waals surface area contributed by atoms with Gasteiger partial charge in [-0.3, -0.25) is 19.2 Å². The summed E-state index contributed by atoms with van der Waals surface area (Å²) in [7, 11) is 0. The van der Waals surface area contributed by atoms with Crippen LogP contribution in [0.4, 0.5) is 10.5 Å². The summed E-state index contributed by atoms with van der Waals surface area (Å²) in [6.07, 6.45) is 1.36. The van der Waals surface area contributed by atoms with E-state index in [1.165, 1.54) is 27.0 Å². The van der Waals surface area contributed by atoms with Gasteiger partial charge in [0.05, 0.1) is 0 Å². The SMILES string of the molecule is CC(NC(=O)OC(C)(C)C)C(=O)NC12CCc3cccc(c3C1)Oc1ncccc1NC(=O)C(C)NC(=O)C(C)NC2=O. The van der Waals surface area contributed by atoms with Gasteiger partial charge in [0, 0.05) is 18.2 Å². The molecule has 2 heterocycles. The van der Waals surface area contributed by atoms with Crippen molar-refractivity contribution in [3.8, 4) is 11.6 Å². The highest BCUT2D eigenvalue weighted by molar-refractivity contribution is 6.00. The Balaban J connectivity index is 1.73. The van der Waals surface area contributed by atoms with Crippen LogP contribution in [0.15, 0.2) is 36.5 Å². The van der Waals surface area contributed by atoms with Crippen LogP contribution in [0.3, 0.4) is 0 Å². The Morgan fingerprint density at radius 1 is 1.07 bits per heavy atom. The number of nitrogens with zero attached hydrogens (tertiary/aromatic N) is 1. The van der Waals surface area contributed by atoms with E-state index in [1.807, 2.05) is 12.1 Å². The van der Waals surface area contributed by atoms with Crippen LogP contribution in [-0.4, -0.2) is 64.0 Å². The van der Waals surface area contributed by atoms with E-state index in [4.69, 9.17) is 9.47 Å². The van der Waals surface area contributed by atoms with Gasteiger partial charge in [-0.05, 0) is 78.1 Å². The maximum absolute atomic E-state index is 14.0. The Morgan fingerprint density at radius 2 is 1.79 bits per heavy atom. The molecule has 4 atom stereocenters. The number of benzene rings is 1. The molecule has 2 bridgehead atoms. The molecule has 1 aromatic heterocycles. The fraction of sp³-hybridized carbons (Fsp3) is 0.467. The number of hydrogen-bond donors (Lipinski definition) is 5. The number of hydrogen-bond acceptors (Lipinski definition) is 8. The third-order valence-corrected chi connectivity index (χ3v) is 7.18. The molecule has 4 unspecified atom stereocenters. The molecule has 13 nitrogen and oxygen atoms in total. The topological polar surface area (TPSA) is 177 Å². The van der Waals surface area contributed by atoms with Crippen LogP contribution in [0.1, 0.15) is 59.1 Å². The largest absolute Gasteiger partial charge is 0.444 e. The highest BCUT2D eigenvalue weighted by Gasteiger charge is 2.45. The lowest BCUT2D eigenvalue weighted by molar-refractivity contribution is -0.137. The number of carbonyl (C=O) groups excluding carboxylic acids is 5. The number of anilines is 1. The van der Waals surface area contributed by atoms with Gasteiger partial charge in [-0.25, -0.2) is 9.78 Å². The average Bonchev–Trinajstić information content (AvgIpc) is 2.92. The minimum atomic E-state index is -1.51. The minimum absolute atomic E-state index is 0.0223. The molecule has 1 aliphatic heterocycles. The molecule has 0 fully saturated rings. The number of fused-ring (bicyclic) bond motifs is 2. The number of pyridine rings is 1. The summed E-state index contributed by atoms with van der Waals surface area (Å²) in [6.45, 7) is 9.59. The van der Waals surface area contributed by atoms with E-state index in [1.54, 1.807) is 39.0 Å². The Labute approximate surface area is 249 Å². The number of amides is 5. The minimum Gasteiger partial charge on any atom is -0.444 e. The Hall–Kier alpha value is -4.68. The number of ether oxygens (including phenoxy) is 2. The fourth-order valence-corrected chi connectivity index (χ4v) is 4.85. The van der Waals surface area contributed by atoms with Crippen LogP contribution < -0.4 is 31.3 Å². The zero-order valence-electron chi connectivity index (χ0n) is 25.1. The highest BCUT2D eigenvalue weighted by atomic mass is 16.6. The molecule has 0 spiro atoms. The third kappa shape index (κ3) is 7.40. The van der Waals surface area contributed by atoms with Crippen LogP contribution >= 0.6 is 0 Å². The van der Waals surface area contributed by atoms with Crippen LogP contribution in [0.25, 0.3) is 0 Å². The lowest BCUT2D eigenvalue weighted by Gasteiger charge is -2.39. The first-order chi connectivity index (χ1) is 20.2. The van der Waals surface area contributed by atoms with Gasteiger partial charge >= 0.3 is 6.09 Å². The second-order valence-electron chi connectivity index (χ2n) is 11.9. The first-order valence-corrected chi connectivity index (χ1v) is 14.1. The lowest BCUT2D eigenvalue weighted by Crippen LogP contribution is -2.66. The van der Waals surface area contributed by atoms with Crippen molar-refractivity contribution in [2.45, 2.75) is 90.1 Å². The third-order valence-electron chi connectivity index (χ3n) is 7.18. The van der Waals surface area contributed by atoms with Gasteiger partial charge in [-0.1, -0.05) is 12.1 Å². The van der Waals surface area contributed by atoms with Crippen molar-refractivity contribution in [2.24, 2.45) is 0 Å². The maximum atomic E-state index is 14.0. The van der Waals surface area contributed by atoms with Gasteiger partial charge in [0.25, 0.3) is 0 Å². The monoisotopic (exact) mass is 594 g/mol. The summed E-state index contributed by atoms with van der Waals surface area (Å²) in [4.78, 5) is 69.9. The predicted molar refractivity (Wildman–Crippen MR) is 156 cm³/mol. The van der Waals surface area contributed by atoms with Crippen LogP contribution in [0.2, 0.25) is 0 Å². The van der Waals surface area contributed by atoms with Gasteiger partial charge in [-0.2, -0.15) is 0 Å². The molecule has 43 heavy (non-hydrogen) atoms. The van der Waals surface area contributed by atoms with E-state index < -0.39 is 59.0 Å². The van der Waals surface area contributed by atoms with Crippen molar-refractivity contribution >= 4 is 35.4 Å². The predicted octanol–water partition coefficient (Wildman–Crippen LogP) is 2.09. The molecule has 0 saturated carbocycles. The van der Waals surface area contributed by atoms with Gasteiger partial charge in [0.15, 0.2) is 0 Å². The standard InChI is InChI=1S/C30H38N6O7/c1-16-24(38)35-21-10-8-14-31-26(21)42-22-11-7-9-19-12-13-30(15-20(19)22,27(40)33-17(2)23(37)32-16)36-25(39)18(3)34-28(41)43-29(4,5)6/h7-11,14,16-18H,12-13,15H2,1-6H3,(H,32,37)(H,33,40)(H,34,41)(H,35,38)(H,36,39). The van der Waals surface area contributed by atoms with Crippen molar-refractivity contribution in [3.63, 3.8) is 0 Å². The molecule has 4 rings (SSSR count). The Kier molecular flexibility index (Phi) is 8.93. The van der Waals surface area contributed by atoms with Crippen LogP contribution in [0.5, 0.6) is 11.6 Å². The maximum Gasteiger partial charge on any atom is 0.408 e. The summed E-state index contributed by atoms with van der Waals surface area (Å²) in [5.41, 5.74) is -0.426. The molecule has 5 N–H and O–H groups in total. The average molecular weight is 595 g/mol. The zero-order chi connectivity index (χ0) is 31.5. The first-order valence-electron chi connectivity index (χ1n) is 14.1. The summed E-state index contributed by atoms with van der Waals surface area (Å²) < 4.78 is 11.5. The molecule has 0 radical (unpaired) electrons. The summed E-state index contributed by atoms with van der Waals surface area (Å²) in [5.74, 6) is -1.81. The van der Waals surface area contributed by atoms with E-state index in [0.717, 1.165) is 5.56 Å². The molecule has 2 aromatic rings. The van der Waals surface area contributed by atoms with Crippen LogP contribution in [0, 0.1) is 0 Å². The van der Waals surface area contributed by atoms with E-state index >= 15 is 0 Å². The molecule has 2 aliphatic rings. The van der Waals surface area contributed by atoms with Crippen molar-refractivity contribution < 1.29 is 33.4 Å². The second-order valence-corrected chi connectivity index (χ2v) is 11.9. The quantitative estimate of drug-likeness (QED) is 0.359. The molecule has 0 saturated heterocycles. The molecule has 1 aliphatic carbocycles. The van der Waals surface area contributed by atoms with Crippen molar-refractivity contribution in [1.82, 2.24) is 26.3 Å². The summed E-state index contributed by atoms with van der Waals surface area (Å²) in [5, 5.41) is 13.4. The number of rotatable bonds is 3. The molecule has 230 valence electrons. The molecule has 1 aromatic carbocycles. The Morgan fingerprint density at radius 3 is 2.51 bits per heavy atom. The van der Waals surface area contributed by atoms with E-state index in [9.17, 15) is 24.0 Å². The number of nitrogens with one attached hydrogen (secondary N) is 5. The van der Waals surface area contributed by atoms with E-state index in [-0.39, 0.29) is 18.7 Å². The Bertz CT molecular complexity index is 1440. The van der Waals surface area contributed by atoms with Gasteiger partial charge in [-0.15, -0.1) is 0 Å². The van der Waals surface area contributed by atoms with Gasteiger partial charge in [0.1, 0.15) is 40.7 Å². The molecular formula is C30H38N6O7. The lowest BCUT2D eigenvalue weighted by atomic mass is 9.76. The second kappa shape index (κ2) is 12.3. The van der Waals surface area contributed by atoms with Crippen molar-refractivity contribution in [1.29, 1.82) is 0 Å². The number of carbonyl (C=O) groups is 5. The normalized spacial score (nSPS) is 23.0. The summed E-state index contributed by atoms with van der Waals surface area (Å²) >= 11 is 0. The molecular weight excluding hydrogens is 556 g/mol. The van der Waals surface area contributed by atoms with Gasteiger partial charge in [0.2, 0.25) is 29.5 Å². The van der Waals surface area contributed by atoms with Gasteiger partial charge < -0.3 is 36.1 Å². The van der Waals surface area contributed by atoms with E-state index in [0.29, 0.717) is 23.4 Å². The number of alkyl carbamates (subject to hydrolysis) is 1. The molecule has 5 amide bonds. The highest BCUT2D eigenvalue weighted by Crippen LogP contribution is 2.38. The molecule has 13 heteroatoms. The van der Waals surface area contributed by atoms with Crippen molar-refractivity contribution in [2.75, 3.05) is 5.32 Å². The van der Waals surface area contributed by atoms with Crippen molar-refractivity contribution in [3.05, 3.63) is 47.7 Å². The smallest absolute Gasteiger partial charge is 0.408 e. The zero-order valence-corrected chi connectivity index (χ0v) is 25.1. The summed E-state index contributed by atoms with van der Waals surface area (Å²) in [6, 6.07) is 5.66. The van der Waals surface area contributed by atoms with Crippen LogP contribution in [-0.2, 0) is 36.8 Å². The number of aryl methyl sites for hydroxylation is 1. The van der Waals surface area contributed by atoms with E-state index in [2.05, 4.69) is 31.6 Å². The number of aromatic nitrogens is 1.